The molecular weight excluding hydrogens is 304 g/mol. The Morgan fingerprint density at radius 2 is 2.00 bits per heavy atom. The quantitative estimate of drug-likeness (QED) is 0.502. The van der Waals surface area contributed by atoms with Crippen LogP contribution in [0.5, 0.6) is 5.75 Å². The number of nitro groups is 1. The molecule has 0 fully saturated rings. The van der Waals surface area contributed by atoms with Gasteiger partial charge < -0.3 is 10.1 Å². The third kappa shape index (κ3) is 4.23. The number of carbonyl (C=O) groups is 1. The number of nitro benzene ring substituents is 1. The number of methoxy groups -OCH3 is 1. The van der Waals surface area contributed by atoms with Crippen LogP contribution in [-0.4, -0.2) is 23.7 Å². The van der Waals surface area contributed by atoms with Crippen LogP contribution in [0.25, 0.3) is 0 Å². The van der Waals surface area contributed by atoms with Gasteiger partial charge in [-0.1, -0.05) is 18.2 Å². The van der Waals surface area contributed by atoms with Gasteiger partial charge in [-0.2, -0.15) is 0 Å². The maximum absolute atomic E-state index is 11.8. The molecule has 2 rings (SSSR count). The monoisotopic (exact) mass is 318 g/mol. The molecule has 2 aromatic rings. The Bertz CT molecular complexity index is 676. The molecule has 0 aromatic heterocycles. The summed E-state index contributed by atoms with van der Waals surface area (Å²) in [5, 5.41) is 13.7. The van der Waals surface area contributed by atoms with Crippen LogP contribution in [-0.2, 0) is 4.79 Å². The van der Waals surface area contributed by atoms with Gasteiger partial charge in [0.1, 0.15) is 0 Å². The average molecular weight is 318 g/mol. The molecule has 0 aliphatic rings. The highest BCUT2D eigenvalue weighted by Crippen LogP contribution is 2.31. The fourth-order valence-corrected chi connectivity index (χ4v) is 2.50. The largest absolute Gasteiger partial charge is 0.490 e. The van der Waals surface area contributed by atoms with Crippen molar-refractivity contribution in [2.24, 2.45) is 0 Å². The van der Waals surface area contributed by atoms with Crippen molar-refractivity contribution < 1.29 is 14.5 Å². The molecule has 0 spiro atoms. The Labute approximate surface area is 131 Å². The molecule has 114 valence electrons. The minimum absolute atomic E-state index is 0.115. The highest BCUT2D eigenvalue weighted by Gasteiger charge is 2.15. The molecule has 0 saturated heterocycles. The summed E-state index contributed by atoms with van der Waals surface area (Å²) >= 11 is 1.23. The molecule has 6 nitrogen and oxygen atoms in total. The number of hydrogen-bond donors (Lipinski definition) is 1. The number of amides is 1. The van der Waals surface area contributed by atoms with E-state index in [1.165, 1.54) is 31.0 Å². The predicted molar refractivity (Wildman–Crippen MR) is 85.4 cm³/mol. The van der Waals surface area contributed by atoms with Crippen LogP contribution in [0.1, 0.15) is 0 Å². The SMILES string of the molecule is COc1ccc(SCC(=O)Nc2ccccc2)cc1[N+](=O)[O-]. The molecule has 0 radical (unpaired) electrons. The van der Waals surface area contributed by atoms with E-state index < -0.39 is 4.92 Å². The Kier molecular flexibility index (Phi) is 5.37. The molecule has 0 atom stereocenters. The van der Waals surface area contributed by atoms with Crippen LogP contribution in [0.4, 0.5) is 11.4 Å². The van der Waals surface area contributed by atoms with E-state index in [2.05, 4.69) is 5.32 Å². The first-order valence-corrected chi connectivity index (χ1v) is 7.39. The van der Waals surface area contributed by atoms with Gasteiger partial charge in [-0.05, 0) is 24.3 Å². The number of nitrogens with one attached hydrogen (secondary N) is 1. The van der Waals surface area contributed by atoms with Crippen molar-refractivity contribution in [1.82, 2.24) is 0 Å². The minimum Gasteiger partial charge on any atom is -0.490 e. The summed E-state index contributed by atoms with van der Waals surface area (Å²) in [7, 11) is 1.38. The van der Waals surface area contributed by atoms with E-state index in [-0.39, 0.29) is 23.1 Å². The van der Waals surface area contributed by atoms with E-state index in [1.807, 2.05) is 18.2 Å². The van der Waals surface area contributed by atoms with Crippen LogP contribution in [0.15, 0.2) is 53.4 Å². The standard InChI is InChI=1S/C15H14N2O4S/c1-21-14-8-7-12(9-13(14)17(19)20)22-10-15(18)16-11-5-3-2-4-6-11/h2-9H,10H2,1H3,(H,16,18). The normalized spacial score (nSPS) is 10.0. The van der Waals surface area contributed by atoms with Gasteiger partial charge in [-0.25, -0.2) is 0 Å². The summed E-state index contributed by atoms with van der Waals surface area (Å²) in [4.78, 5) is 22.9. The van der Waals surface area contributed by atoms with Gasteiger partial charge in [0, 0.05) is 16.6 Å². The third-order valence-corrected chi connectivity index (χ3v) is 3.77. The number of ether oxygens (including phenoxy) is 1. The first-order valence-electron chi connectivity index (χ1n) is 6.40. The summed E-state index contributed by atoms with van der Waals surface area (Å²) in [6.07, 6.45) is 0. The Morgan fingerprint density at radius 3 is 2.64 bits per heavy atom. The predicted octanol–water partition coefficient (Wildman–Crippen LogP) is 3.33. The zero-order valence-electron chi connectivity index (χ0n) is 11.8. The van der Waals surface area contributed by atoms with Crippen LogP contribution in [0.3, 0.4) is 0 Å². The minimum atomic E-state index is -0.507. The van der Waals surface area contributed by atoms with Crippen molar-refractivity contribution >= 4 is 29.0 Å². The molecule has 0 saturated carbocycles. The topological polar surface area (TPSA) is 81.5 Å². The molecule has 1 amide bonds. The van der Waals surface area contributed by atoms with E-state index in [1.54, 1.807) is 18.2 Å². The van der Waals surface area contributed by atoms with Crippen molar-refractivity contribution in [3.8, 4) is 5.75 Å². The fraction of sp³-hybridized carbons (Fsp3) is 0.133. The van der Waals surface area contributed by atoms with Gasteiger partial charge in [0.15, 0.2) is 5.75 Å². The smallest absolute Gasteiger partial charge is 0.312 e. The van der Waals surface area contributed by atoms with Gasteiger partial charge in [-0.3, -0.25) is 14.9 Å². The summed E-state index contributed by atoms with van der Waals surface area (Å²) in [5.41, 5.74) is 0.602. The molecule has 0 aliphatic carbocycles. The lowest BCUT2D eigenvalue weighted by atomic mass is 10.3. The van der Waals surface area contributed by atoms with Crippen molar-refractivity contribution in [2.75, 3.05) is 18.2 Å². The first-order chi connectivity index (χ1) is 10.6. The van der Waals surface area contributed by atoms with Crippen LogP contribution < -0.4 is 10.1 Å². The number of para-hydroxylation sites is 1. The van der Waals surface area contributed by atoms with Crippen LogP contribution in [0, 0.1) is 10.1 Å². The van der Waals surface area contributed by atoms with E-state index >= 15 is 0 Å². The highest BCUT2D eigenvalue weighted by atomic mass is 32.2. The van der Waals surface area contributed by atoms with Crippen LogP contribution in [0.2, 0.25) is 0 Å². The van der Waals surface area contributed by atoms with Crippen LogP contribution >= 0.6 is 11.8 Å². The van der Waals surface area contributed by atoms with Crippen molar-refractivity contribution in [1.29, 1.82) is 0 Å². The zero-order valence-corrected chi connectivity index (χ0v) is 12.6. The summed E-state index contributed by atoms with van der Waals surface area (Å²) in [6.45, 7) is 0. The van der Waals surface area contributed by atoms with Crippen molar-refractivity contribution in [3.05, 3.63) is 58.6 Å². The average Bonchev–Trinajstić information content (AvgIpc) is 2.53. The number of hydrogen-bond acceptors (Lipinski definition) is 5. The second-order valence-electron chi connectivity index (χ2n) is 4.29. The summed E-state index contributed by atoms with van der Waals surface area (Å²) in [6, 6.07) is 13.7. The van der Waals surface area contributed by atoms with Gasteiger partial charge >= 0.3 is 5.69 Å². The number of anilines is 1. The van der Waals surface area contributed by atoms with E-state index in [0.29, 0.717) is 10.6 Å². The first kappa shape index (κ1) is 15.8. The molecule has 0 bridgehead atoms. The zero-order chi connectivity index (χ0) is 15.9. The number of benzene rings is 2. The Balaban J connectivity index is 1.98. The van der Waals surface area contributed by atoms with Gasteiger partial charge in [-0.15, -0.1) is 11.8 Å². The van der Waals surface area contributed by atoms with E-state index in [9.17, 15) is 14.9 Å². The number of carbonyl (C=O) groups excluding carboxylic acids is 1. The van der Waals surface area contributed by atoms with Gasteiger partial charge in [0.05, 0.1) is 17.8 Å². The molecule has 7 heteroatoms. The fourth-order valence-electron chi connectivity index (χ4n) is 1.77. The van der Waals surface area contributed by atoms with E-state index in [0.717, 1.165) is 0 Å². The maximum atomic E-state index is 11.8. The molecule has 2 aromatic carbocycles. The summed E-state index contributed by atoms with van der Waals surface area (Å²) in [5.74, 6) is 0.191. The lowest BCUT2D eigenvalue weighted by Gasteiger charge is -2.06. The Hall–Kier alpha value is -2.54. The van der Waals surface area contributed by atoms with Crippen molar-refractivity contribution in [2.45, 2.75) is 4.90 Å². The molecule has 1 N–H and O–H groups in total. The van der Waals surface area contributed by atoms with Gasteiger partial charge in [0.25, 0.3) is 0 Å². The maximum Gasteiger partial charge on any atom is 0.312 e. The molecule has 0 aliphatic heterocycles. The summed E-state index contributed by atoms with van der Waals surface area (Å²) < 4.78 is 4.94. The number of nitrogens with zero attached hydrogens (tertiary/aromatic N) is 1. The van der Waals surface area contributed by atoms with Crippen molar-refractivity contribution in [3.63, 3.8) is 0 Å². The Morgan fingerprint density at radius 1 is 1.27 bits per heavy atom. The number of thioether (sulfide) groups is 1. The van der Waals surface area contributed by atoms with Gasteiger partial charge in [0.2, 0.25) is 5.91 Å². The molecule has 22 heavy (non-hydrogen) atoms. The molecule has 0 unspecified atom stereocenters. The highest BCUT2D eigenvalue weighted by molar-refractivity contribution is 8.00. The molecular formula is C15H14N2O4S. The lowest BCUT2D eigenvalue weighted by Crippen LogP contribution is -2.13. The second-order valence-corrected chi connectivity index (χ2v) is 5.34. The third-order valence-electron chi connectivity index (χ3n) is 2.77. The molecule has 0 heterocycles. The lowest BCUT2D eigenvalue weighted by molar-refractivity contribution is -0.386. The van der Waals surface area contributed by atoms with E-state index in [4.69, 9.17) is 4.74 Å². The number of rotatable bonds is 6. The second kappa shape index (κ2) is 7.46.